The van der Waals surface area contributed by atoms with Crippen LogP contribution in [0.5, 0.6) is 0 Å². The monoisotopic (exact) mass is 441 g/mol. The summed E-state index contributed by atoms with van der Waals surface area (Å²) in [5.41, 5.74) is 6.19. The Bertz CT molecular complexity index is 1250. The van der Waals surface area contributed by atoms with Gasteiger partial charge in [0.15, 0.2) is 5.58 Å². The van der Waals surface area contributed by atoms with Crippen molar-refractivity contribution in [2.45, 2.75) is 52.5 Å². The Morgan fingerprint density at radius 1 is 1.06 bits per heavy atom. The number of aromatic nitrogens is 3. The Morgan fingerprint density at radius 3 is 2.67 bits per heavy atom. The first-order valence-corrected chi connectivity index (χ1v) is 12.1. The van der Waals surface area contributed by atoms with Crippen LogP contribution in [0.2, 0.25) is 0 Å². The minimum absolute atomic E-state index is 0.170. The first-order valence-electron chi connectivity index (χ1n) is 12.1. The molecule has 0 saturated carbocycles. The molecular formula is C27H31N5O. The van der Waals surface area contributed by atoms with E-state index in [1.54, 1.807) is 0 Å². The highest BCUT2D eigenvalue weighted by Gasteiger charge is 2.26. The molecule has 2 aromatic heterocycles. The summed E-state index contributed by atoms with van der Waals surface area (Å²) in [4.78, 5) is 16.5. The van der Waals surface area contributed by atoms with Gasteiger partial charge in [-0.25, -0.2) is 15.0 Å². The van der Waals surface area contributed by atoms with Gasteiger partial charge in [-0.2, -0.15) is 0 Å². The van der Waals surface area contributed by atoms with E-state index in [9.17, 15) is 0 Å². The number of anilines is 2. The van der Waals surface area contributed by atoms with E-state index in [2.05, 4.69) is 72.4 Å². The van der Waals surface area contributed by atoms with Gasteiger partial charge in [0.25, 0.3) is 0 Å². The lowest BCUT2D eigenvalue weighted by atomic mass is 10.0. The fourth-order valence-electron chi connectivity index (χ4n) is 4.54. The van der Waals surface area contributed by atoms with Gasteiger partial charge in [0.05, 0.1) is 6.04 Å². The molecule has 6 heteroatoms. The molecule has 0 aliphatic carbocycles. The average molecular weight is 442 g/mol. The number of nitrogens with one attached hydrogen (secondary N) is 1. The molecule has 2 aromatic carbocycles. The molecule has 0 saturated heterocycles. The number of fused-ring (bicyclic) bond motifs is 2. The predicted octanol–water partition coefficient (Wildman–Crippen LogP) is 6.18. The molecule has 33 heavy (non-hydrogen) atoms. The second kappa shape index (κ2) is 9.22. The van der Waals surface area contributed by atoms with Gasteiger partial charge in [-0.15, -0.1) is 0 Å². The molecule has 1 unspecified atom stereocenters. The van der Waals surface area contributed by atoms with Gasteiger partial charge in [0.2, 0.25) is 5.89 Å². The van der Waals surface area contributed by atoms with Crippen LogP contribution in [-0.4, -0.2) is 28.0 Å². The van der Waals surface area contributed by atoms with Crippen LogP contribution in [0, 0.1) is 0 Å². The topological polar surface area (TPSA) is 67.1 Å². The van der Waals surface area contributed by atoms with Crippen LogP contribution >= 0.6 is 0 Å². The van der Waals surface area contributed by atoms with Crippen LogP contribution in [0.1, 0.15) is 56.6 Å². The fraction of sp³-hybridized carbons (Fsp3) is 0.370. The maximum absolute atomic E-state index is 6.04. The van der Waals surface area contributed by atoms with E-state index in [0.29, 0.717) is 5.89 Å². The van der Waals surface area contributed by atoms with Crippen molar-refractivity contribution in [3.63, 3.8) is 0 Å². The van der Waals surface area contributed by atoms with Gasteiger partial charge >= 0.3 is 0 Å². The fourth-order valence-corrected chi connectivity index (χ4v) is 4.54. The third kappa shape index (κ3) is 4.30. The van der Waals surface area contributed by atoms with Crippen LogP contribution in [-0.2, 0) is 12.8 Å². The number of benzene rings is 2. The minimum Gasteiger partial charge on any atom is -0.436 e. The van der Waals surface area contributed by atoms with Crippen molar-refractivity contribution in [3.8, 4) is 11.5 Å². The molecule has 1 atom stereocenters. The summed E-state index contributed by atoms with van der Waals surface area (Å²) >= 11 is 0. The predicted molar refractivity (Wildman–Crippen MR) is 134 cm³/mol. The van der Waals surface area contributed by atoms with Gasteiger partial charge < -0.3 is 14.6 Å². The largest absolute Gasteiger partial charge is 0.436 e. The minimum atomic E-state index is 0.170. The average Bonchev–Trinajstić information content (AvgIpc) is 3.28. The van der Waals surface area contributed by atoms with Gasteiger partial charge in [0, 0.05) is 42.5 Å². The lowest BCUT2D eigenvalue weighted by Crippen LogP contribution is -2.34. The molecule has 170 valence electrons. The van der Waals surface area contributed by atoms with E-state index in [4.69, 9.17) is 14.4 Å². The second-order valence-electron chi connectivity index (χ2n) is 8.63. The summed E-state index contributed by atoms with van der Waals surface area (Å²) in [6, 6.07) is 14.8. The summed E-state index contributed by atoms with van der Waals surface area (Å²) in [5, 5.41) is 3.69. The molecule has 0 bridgehead atoms. The second-order valence-corrected chi connectivity index (χ2v) is 8.63. The lowest BCUT2D eigenvalue weighted by molar-refractivity contribution is 0.611. The van der Waals surface area contributed by atoms with E-state index >= 15 is 0 Å². The van der Waals surface area contributed by atoms with Crippen molar-refractivity contribution in [1.82, 2.24) is 15.0 Å². The zero-order valence-corrected chi connectivity index (χ0v) is 19.6. The Kier molecular flexibility index (Phi) is 5.99. The molecule has 1 aliphatic rings. The number of nitrogens with zero attached hydrogens (tertiary/aromatic N) is 4. The third-order valence-electron chi connectivity index (χ3n) is 6.37. The zero-order chi connectivity index (χ0) is 22.8. The van der Waals surface area contributed by atoms with E-state index in [1.807, 2.05) is 12.3 Å². The van der Waals surface area contributed by atoms with Crippen LogP contribution in [0.3, 0.4) is 0 Å². The number of hydrogen-bond donors (Lipinski definition) is 1. The van der Waals surface area contributed by atoms with Gasteiger partial charge in [0.1, 0.15) is 17.2 Å². The van der Waals surface area contributed by atoms with Crippen molar-refractivity contribution >= 4 is 22.6 Å². The highest BCUT2D eigenvalue weighted by molar-refractivity contribution is 5.80. The summed E-state index contributed by atoms with van der Waals surface area (Å²) < 4.78 is 6.04. The van der Waals surface area contributed by atoms with Crippen molar-refractivity contribution in [1.29, 1.82) is 0 Å². The van der Waals surface area contributed by atoms with Crippen molar-refractivity contribution in [3.05, 3.63) is 65.6 Å². The number of oxazole rings is 1. The SMILES string of the molecule is CCCc1ccc(-c2nc3cc(NC4CCN(CC)c5nc(CC)ncc54)ccc3o2)cc1. The molecule has 3 heterocycles. The van der Waals surface area contributed by atoms with Crippen LogP contribution in [0.15, 0.2) is 53.1 Å². The Hall–Kier alpha value is -3.41. The Balaban J connectivity index is 1.40. The summed E-state index contributed by atoms with van der Waals surface area (Å²) in [5.74, 6) is 2.61. The number of rotatable bonds is 7. The zero-order valence-electron chi connectivity index (χ0n) is 19.6. The molecule has 0 radical (unpaired) electrons. The van der Waals surface area contributed by atoms with E-state index in [-0.39, 0.29) is 6.04 Å². The normalized spacial score (nSPS) is 15.6. The van der Waals surface area contributed by atoms with Crippen LogP contribution in [0.4, 0.5) is 11.5 Å². The highest BCUT2D eigenvalue weighted by Crippen LogP contribution is 2.35. The quantitative estimate of drug-likeness (QED) is 0.369. The molecule has 1 N–H and O–H groups in total. The van der Waals surface area contributed by atoms with Gasteiger partial charge in [-0.05, 0) is 55.7 Å². The van der Waals surface area contributed by atoms with Gasteiger partial charge in [-0.1, -0.05) is 32.4 Å². The van der Waals surface area contributed by atoms with Crippen molar-refractivity contribution < 1.29 is 4.42 Å². The van der Waals surface area contributed by atoms with Crippen LogP contribution in [0.25, 0.3) is 22.6 Å². The number of hydrogen-bond acceptors (Lipinski definition) is 6. The van der Waals surface area contributed by atoms with E-state index in [1.165, 1.54) is 5.56 Å². The van der Waals surface area contributed by atoms with Crippen molar-refractivity contribution in [2.24, 2.45) is 0 Å². The van der Waals surface area contributed by atoms with E-state index in [0.717, 1.165) is 78.3 Å². The first kappa shape index (κ1) is 21.4. The maximum Gasteiger partial charge on any atom is 0.227 e. The van der Waals surface area contributed by atoms with Gasteiger partial charge in [-0.3, -0.25) is 0 Å². The molecular weight excluding hydrogens is 410 g/mol. The Morgan fingerprint density at radius 2 is 1.91 bits per heavy atom. The standard InChI is InChI=1S/C27H31N5O/c1-4-7-18-8-10-19(11-9-18)27-30-23-16-20(12-13-24(23)33-27)29-22-14-15-32(6-3)26-21(22)17-28-25(5-2)31-26/h8-13,16-17,22,29H,4-7,14-15H2,1-3H3. The summed E-state index contributed by atoms with van der Waals surface area (Å²) in [6.45, 7) is 8.40. The molecule has 4 aromatic rings. The van der Waals surface area contributed by atoms with E-state index < -0.39 is 0 Å². The lowest BCUT2D eigenvalue weighted by Gasteiger charge is -2.34. The van der Waals surface area contributed by atoms with Crippen LogP contribution < -0.4 is 10.2 Å². The molecule has 1 aliphatic heterocycles. The molecule has 5 rings (SSSR count). The molecule has 6 nitrogen and oxygen atoms in total. The summed E-state index contributed by atoms with van der Waals surface area (Å²) in [7, 11) is 0. The molecule has 0 spiro atoms. The maximum atomic E-state index is 6.04. The highest BCUT2D eigenvalue weighted by atomic mass is 16.3. The summed E-state index contributed by atoms with van der Waals surface area (Å²) in [6.07, 6.45) is 6.08. The third-order valence-corrected chi connectivity index (χ3v) is 6.37. The Labute approximate surface area is 195 Å². The number of aryl methyl sites for hydroxylation is 2. The van der Waals surface area contributed by atoms with Crippen molar-refractivity contribution in [2.75, 3.05) is 23.3 Å². The molecule has 0 amide bonds. The molecule has 0 fully saturated rings. The smallest absolute Gasteiger partial charge is 0.227 e. The first-order chi connectivity index (χ1) is 16.2.